The van der Waals surface area contributed by atoms with E-state index < -0.39 is 5.60 Å². The standard InChI is InChI=1S/C17H15NO4S/c19-16(6-5-14-3-1-8-21-14)18-12-17(20,13-7-10-23-11-13)15-4-2-9-22-15/h1-11,20H,12H2,(H,18,19)/b6-5+/t17-/m1/s1. The largest absolute Gasteiger partial charge is 0.466 e. The maximum atomic E-state index is 11.9. The summed E-state index contributed by atoms with van der Waals surface area (Å²) in [6, 6.07) is 8.67. The van der Waals surface area contributed by atoms with E-state index in [0.717, 1.165) is 0 Å². The molecule has 0 aliphatic heterocycles. The smallest absolute Gasteiger partial charge is 0.244 e. The Bertz CT molecular complexity index is 724. The number of carbonyl (C=O) groups is 1. The van der Waals surface area contributed by atoms with Crippen LogP contribution in [-0.2, 0) is 10.4 Å². The Kier molecular flexibility index (Phi) is 4.45. The van der Waals surface area contributed by atoms with Gasteiger partial charge >= 0.3 is 0 Å². The van der Waals surface area contributed by atoms with Gasteiger partial charge in [-0.1, -0.05) is 0 Å². The average molecular weight is 329 g/mol. The lowest BCUT2D eigenvalue weighted by Crippen LogP contribution is -2.40. The quantitative estimate of drug-likeness (QED) is 0.682. The average Bonchev–Trinajstić information content (AvgIpc) is 3.33. The van der Waals surface area contributed by atoms with Crippen molar-refractivity contribution < 1.29 is 18.7 Å². The van der Waals surface area contributed by atoms with E-state index in [4.69, 9.17) is 8.83 Å². The fourth-order valence-corrected chi connectivity index (χ4v) is 2.89. The number of furan rings is 2. The van der Waals surface area contributed by atoms with E-state index in [1.807, 2.05) is 10.8 Å². The van der Waals surface area contributed by atoms with Gasteiger partial charge < -0.3 is 19.3 Å². The number of thiophene rings is 1. The lowest BCUT2D eigenvalue weighted by atomic mass is 9.93. The van der Waals surface area contributed by atoms with Gasteiger partial charge in [-0.05, 0) is 47.2 Å². The van der Waals surface area contributed by atoms with Crippen LogP contribution in [0.4, 0.5) is 0 Å². The third kappa shape index (κ3) is 3.44. The molecule has 0 aliphatic carbocycles. The summed E-state index contributed by atoms with van der Waals surface area (Å²) in [7, 11) is 0. The Morgan fingerprint density at radius 2 is 2.09 bits per heavy atom. The molecule has 3 rings (SSSR count). The Balaban J connectivity index is 1.71. The summed E-state index contributed by atoms with van der Waals surface area (Å²) in [5.41, 5.74) is -0.731. The van der Waals surface area contributed by atoms with Gasteiger partial charge in [0.25, 0.3) is 0 Å². The Labute approximate surface area is 136 Å². The number of hydrogen-bond acceptors (Lipinski definition) is 5. The van der Waals surface area contributed by atoms with Crippen molar-refractivity contribution in [1.82, 2.24) is 5.32 Å². The molecule has 2 N–H and O–H groups in total. The maximum absolute atomic E-state index is 11.9. The van der Waals surface area contributed by atoms with Crippen LogP contribution < -0.4 is 5.32 Å². The highest BCUT2D eigenvalue weighted by Crippen LogP contribution is 2.30. The van der Waals surface area contributed by atoms with Crippen LogP contribution in [0.5, 0.6) is 0 Å². The van der Waals surface area contributed by atoms with E-state index in [2.05, 4.69) is 5.32 Å². The van der Waals surface area contributed by atoms with Crippen molar-refractivity contribution >= 4 is 23.3 Å². The SMILES string of the molecule is O=C(/C=C/c1ccco1)NC[C@@](O)(c1ccsc1)c1ccco1. The van der Waals surface area contributed by atoms with E-state index in [9.17, 15) is 9.90 Å². The fraction of sp³-hybridized carbons (Fsp3) is 0.118. The highest BCUT2D eigenvalue weighted by molar-refractivity contribution is 7.08. The number of nitrogens with one attached hydrogen (secondary N) is 1. The molecule has 3 aromatic heterocycles. The van der Waals surface area contributed by atoms with Crippen LogP contribution in [0, 0.1) is 0 Å². The molecule has 0 saturated heterocycles. The number of amides is 1. The van der Waals surface area contributed by atoms with Crippen molar-refractivity contribution in [3.05, 3.63) is 76.8 Å². The molecule has 0 fully saturated rings. The van der Waals surface area contributed by atoms with Gasteiger partial charge in [-0.15, -0.1) is 0 Å². The van der Waals surface area contributed by atoms with E-state index in [1.54, 1.807) is 36.4 Å². The molecule has 3 aromatic rings. The van der Waals surface area contributed by atoms with Crippen molar-refractivity contribution in [3.63, 3.8) is 0 Å². The van der Waals surface area contributed by atoms with Crippen molar-refractivity contribution in [1.29, 1.82) is 0 Å². The van der Waals surface area contributed by atoms with Gasteiger partial charge in [-0.2, -0.15) is 11.3 Å². The second kappa shape index (κ2) is 6.68. The summed E-state index contributed by atoms with van der Waals surface area (Å²) in [5.74, 6) is 0.632. The molecule has 0 aromatic carbocycles. The predicted molar refractivity (Wildman–Crippen MR) is 86.8 cm³/mol. The zero-order valence-electron chi connectivity index (χ0n) is 12.1. The van der Waals surface area contributed by atoms with Crippen molar-refractivity contribution in [2.24, 2.45) is 0 Å². The topological polar surface area (TPSA) is 75.6 Å². The molecule has 0 unspecified atom stereocenters. The molecule has 6 heteroatoms. The minimum Gasteiger partial charge on any atom is -0.466 e. The van der Waals surface area contributed by atoms with Gasteiger partial charge in [0.05, 0.1) is 19.1 Å². The third-order valence-corrected chi connectivity index (χ3v) is 4.07. The molecule has 1 atom stereocenters. The van der Waals surface area contributed by atoms with Crippen molar-refractivity contribution in [2.75, 3.05) is 6.54 Å². The van der Waals surface area contributed by atoms with Crippen molar-refractivity contribution in [2.45, 2.75) is 5.60 Å². The molecule has 118 valence electrons. The van der Waals surface area contributed by atoms with E-state index >= 15 is 0 Å². The summed E-state index contributed by atoms with van der Waals surface area (Å²) < 4.78 is 10.5. The summed E-state index contributed by atoms with van der Waals surface area (Å²) in [6.45, 7) is -0.00141. The van der Waals surface area contributed by atoms with Gasteiger partial charge in [0.1, 0.15) is 11.5 Å². The second-order valence-corrected chi connectivity index (χ2v) is 5.70. The lowest BCUT2D eigenvalue weighted by molar-refractivity contribution is -0.117. The Morgan fingerprint density at radius 3 is 2.74 bits per heavy atom. The first kappa shape index (κ1) is 15.3. The summed E-state index contributed by atoms with van der Waals surface area (Å²) in [6.07, 6.45) is 5.94. The molecule has 0 bridgehead atoms. The molecule has 0 spiro atoms. The monoisotopic (exact) mass is 329 g/mol. The fourth-order valence-electron chi connectivity index (χ4n) is 2.16. The van der Waals surface area contributed by atoms with E-state index in [0.29, 0.717) is 17.1 Å². The minimum atomic E-state index is -1.41. The zero-order valence-corrected chi connectivity index (χ0v) is 13.0. The number of hydrogen-bond donors (Lipinski definition) is 2. The first-order chi connectivity index (χ1) is 11.2. The van der Waals surface area contributed by atoms with Gasteiger partial charge in [0.15, 0.2) is 5.60 Å². The molecular formula is C17H15NO4S. The Hall–Kier alpha value is -2.57. The van der Waals surface area contributed by atoms with Crippen LogP contribution >= 0.6 is 11.3 Å². The molecule has 23 heavy (non-hydrogen) atoms. The van der Waals surface area contributed by atoms with Crippen LogP contribution in [-0.4, -0.2) is 17.6 Å². The molecular weight excluding hydrogens is 314 g/mol. The van der Waals surface area contributed by atoms with Gasteiger partial charge in [-0.3, -0.25) is 4.79 Å². The molecule has 5 nitrogen and oxygen atoms in total. The van der Waals surface area contributed by atoms with Crippen LogP contribution in [0.1, 0.15) is 17.1 Å². The lowest BCUT2D eigenvalue weighted by Gasteiger charge is -2.25. The van der Waals surface area contributed by atoms with Gasteiger partial charge in [-0.25, -0.2) is 0 Å². The summed E-state index contributed by atoms with van der Waals surface area (Å²) >= 11 is 1.47. The summed E-state index contributed by atoms with van der Waals surface area (Å²) in [4.78, 5) is 11.9. The molecule has 0 aliphatic rings. The third-order valence-electron chi connectivity index (χ3n) is 3.39. The first-order valence-electron chi connectivity index (χ1n) is 6.97. The van der Waals surface area contributed by atoms with Gasteiger partial charge in [0, 0.05) is 11.6 Å². The normalized spacial score (nSPS) is 14.0. The predicted octanol–water partition coefficient (Wildman–Crippen LogP) is 3.00. The first-order valence-corrected chi connectivity index (χ1v) is 7.91. The highest BCUT2D eigenvalue weighted by Gasteiger charge is 2.35. The maximum Gasteiger partial charge on any atom is 0.244 e. The van der Waals surface area contributed by atoms with E-state index in [1.165, 1.54) is 29.9 Å². The van der Waals surface area contributed by atoms with Gasteiger partial charge in [0.2, 0.25) is 5.91 Å². The van der Waals surface area contributed by atoms with E-state index in [-0.39, 0.29) is 12.5 Å². The molecule has 0 radical (unpaired) electrons. The highest BCUT2D eigenvalue weighted by atomic mass is 32.1. The van der Waals surface area contributed by atoms with Crippen LogP contribution in [0.2, 0.25) is 0 Å². The molecule has 0 saturated carbocycles. The number of carbonyl (C=O) groups excluding carboxylic acids is 1. The van der Waals surface area contributed by atoms with Crippen LogP contribution in [0.15, 0.2) is 68.5 Å². The zero-order chi connectivity index (χ0) is 16.1. The van der Waals surface area contributed by atoms with Crippen LogP contribution in [0.3, 0.4) is 0 Å². The van der Waals surface area contributed by atoms with Crippen LogP contribution in [0.25, 0.3) is 6.08 Å². The summed E-state index contributed by atoms with van der Waals surface area (Å²) in [5, 5.41) is 17.4. The number of aliphatic hydroxyl groups is 1. The second-order valence-electron chi connectivity index (χ2n) is 4.92. The molecule has 3 heterocycles. The molecule has 1 amide bonds. The Morgan fingerprint density at radius 1 is 1.26 bits per heavy atom. The minimum absolute atomic E-state index is 0.00141. The number of rotatable bonds is 6. The van der Waals surface area contributed by atoms with Crippen molar-refractivity contribution in [3.8, 4) is 0 Å².